The van der Waals surface area contributed by atoms with E-state index in [0.29, 0.717) is 17.8 Å². The SMILES string of the molecule is O=C(COC(=O)c1ccccc1NCc1ccco1)NC(=O)NC1CCCCC1. The number of amides is 3. The Bertz CT molecular complexity index is 829. The Labute approximate surface area is 169 Å². The first-order chi connectivity index (χ1) is 14.1. The van der Waals surface area contributed by atoms with Crippen LogP contribution in [0, 0.1) is 0 Å². The number of carbonyl (C=O) groups excluding carboxylic acids is 3. The summed E-state index contributed by atoms with van der Waals surface area (Å²) in [7, 11) is 0. The lowest BCUT2D eigenvalue weighted by Gasteiger charge is -2.22. The molecule has 154 valence electrons. The van der Waals surface area contributed by atoms with Gasteiger partial charge in [0.25, 0.3) is 5.91 Å². The molecule has 0 spiro atoms. The van der Waals surface area contributed by atoms with Gasteiger partial charge in [-0.15, -0.1) is 0 Å². The number of ether oxygens (including phenoxy) is 1. The molecule has 2 aromatic rings. The molecule has 3 N–H and O–H groups in total. The molecule has 1 saturated carbocycles. The highest BCUT2D eigenvalue weighted by atomic mass is 16.5. The maximum Gasteiger partial charge on any atom is 0.340 e. The van der Waals surface area contributed by atoms with E-state index in [1.54, 1.807) is 36.6 Å². The van der Waals surface area contributed by atoms with Crippen LogP contribution in [0.15, 0.2) is 47.1 Å². The Balaban J connectivity index is 1.46. The number of esters is 1. The second-order valence-corrected chi connectivity index (χ2v) is 6.91. The number of carbonyl (C=O) groups is 3. The topological polar surface area (TPSA) is 110 Å². The van der Waals surface area contributed by atoms with E-state index in [9.17, 15) is 14.4 Å². The average molecular weight is 399 g/mol. The van der Waals surface area contributed by atoms with Gasteiger partial charge in [0.15, 0.2) is 6.61 Å². The van der Waals surface area contributed by atoms with E-state index in [4.69, 9.17) is 9.15 Å². The lowest BCUT2D eigenvalue weighted by atomic mass is 9.96. The normalized spacial score (nSPS) is 14.1. The molecule has 1 aromatic carbocycles. The summed E-state index contributed by atoms with van der Waals surface area (Å²) >= 11 is 0. The number of benzene rings is 1. The van der Waals surface area contributed by atoms with Crippen molar-refractivity contribution in [2.75, 3.05) is 11.9 Å². The van der Waals surface area contributed by atoms with Gasteiger partial charge >= 0.3 is 12.0 Å². The van der Waals surface area contributed by atoms with Gasteiger partial charge in [0.1, 0.15) is 5.76 Å². The van der Waals surface area contributed by atoms with Gasteiger partial charge in [-0.1, -0.05) is 31.4 Å². The predicted octanol–water partition coefficient (Wildman–Crippen LogP) is 3.21. The molecule has 0 aliphatic heterocycles. The third-order valence-corrected chi connectivity index (χ3v) is 4.71. The largest absolute Gasteiger partial charge is 0.467 e. The molecule has 29 heavy (non-hydrogen) atoms. The van der Waals surface area contributed by atoms with E-state index in [2.05, 4.69) is 16.0 Å². The first-order valence-electron chi connectivity index (χ1n) is 9.74. The van der Waals surface area contributed by atoms with Gasteiger partial charge in [0.05, 0.1) is 18.4 Å². The van der Waals surface area contributed by atoms with Crippen molar-refractivity contribution in [3.05, 3.63) is 54.0 Å². The Morgan fingerprint density at radius 2 is 1.83 bits per heavy atom. The molecule has 8 heteroatoms. The molecular formula is C21H25N3O5. The second-order valence-electron chi connectivity index (χ2n) is 6.91. The lowest BCUT2D eigenvalue weighted by Crippen LogP contribution is -2.46. The summed E-state index contributed by atoms with van der Waals surface area (Å²) in [6, 6.07) is 9.94. The average Bonchev–Trinajstić information content (AvgIpc) is 3.25. The number of hydrogen-bond acceptors (Lipinski definition) is 6. The number of rotatable bonds is 7. The monoisotopic (exact) mass is 399 g/mol. The van der Waals surface area contributed by atoms with E-state index in [1.165, 1.54) is 6.42 Å². The van der Waals surface area contributed by atoms with Crippen molar-refractivity contribution < 1.29 is 23.5 Å². The maximum absolute atomic E-state index is 12.4. The first-order valence-corrected chi connectivity index (χ1v) is 9.74. The van der Waals surface area contributed by atoms with Crippen LogP contribution in [0.2, 0.25) is 0 Å². The second kappa shape index (κ2) is 10.3. The molecule has 0 atom stereocenters. The molecule has 0 unspecified atom stereocenters. The van der Waals surface area contributed by atoms with Crippen molar-refractivity contribution in [3.63, 3.8) is 0 Å². The molecule has 1 aliphatic carbocycles. The van der Waals surface area contributed by atoms with Gasteiger partial charge in [0, 0.05) is 11.7 Å². The number of para-hydroxylation sites is 1. The molecule has 3 rings (SSSR count). The van der Waals surface area contributed by atoms with Gasteiger partial charge in [0.2, 0.25) is 0 Å². The fourth-order valence-electron chi connectivity index (χ4n) is 3.25. The Morgan fingerprint density at radius 1 is 1.03 bits per heavy atom. The van der Waals surface area contributed by atoms with E-state index < -0.39 is 24.5 Å². The molecule has 0 radical (unpaired) electrons. The first kappa shape index (κ1) is 20.4. The minimum absolute atomic E-state index is 0.0891. The van der Waals surface area contributed by atoms with Crippen molar-refractivity contribution in [3.8, 4) is 0 Å². The van der Waals surface area contributed by atoms with E-state index in [-0.39, 0.29) is 6.04 Å². The van der Waals surface area contributed by atoms with Crippen LogP contribution in [0.3, 0.4) is 0 Å². The van der Waals surface area contributed by atoms with Crippen molar-refractivity contribution in [1.29, 1.82) is 0 Å². The number of hydrogen-bond donors (Lipinski definition) is 3. The van der Waals surface area contributed by atoms with Crippen LogP contribution in [-0.2, 0) is 16.1 Å². The van der Waals surface area contributed by atoms with E-state index in [1.807, 2.05) is 6.07 Å². The van der Waals surface area contributed by atoms with Gasteiger partial charge in [-0.05, 0) is 37.1 Å². The predicted molar refractivity (Wildman–Crippen MR) is 106 cm³/mol. The summed E-state index contributed by atoms with van der Waals surface area (Å²) in [5, 5.41) is 8.08. The van der Waals surface area contributed by atoms with Crippen molar-refractivity contribution in [1.82, 2.24) is 10.6 Å². The van der Waals surface area contributed by atoms with Crippen LogP contribution in [0.25, 0.3) is 0 Å². The Hall–Kier alpha value is -3.29. The molecule has 3 amide bonds. The highest BCUT2D eigenvalue weighted by molar-refractivity contribution is 5.99. The minimum atomic E-state index is -0.673. The van der Waals surface area contributed by atoms with Crippen LogP contribution in [0.5, 0.6) is 0 Å². The summed E-state index contributed by atoms with van der Waals surface area (Å²) in [4.78, 5) is 36.2. The standard InChI is InChI=1S/C21H25N3O5/c25-19(24-21(27)23-15-7-2-1-3-8-15)14-29-20(26)17-10-4-5-11-18(17)22-13-16-9-6-12-28-16/h4-6,9-12,15,22H,1-3,7-8,13-14H2,(H2,23,24,25,27). The third-order valence-electron chi connectivity index (χ3n) is 4.71. The van der Waals surface area contributed by atoms with E-state index >= 15 is 0 Å². The maximum atomic E-state index is 12.4. The quantitative estimate of drug-likeness (QED) is 0.617. The van der Waals surface area contributed by atoms with Crippen molar-refractivity contribution >= 4 is 23.6 Å². The van der Waals surface area contributed by atoms with Crippen LogP contribution >= 0.6 is 0 Å². The zero-order valence-corrected chi connectivity index (χ0v) is 16.1. The molecule has 0 bridgehead atoms. The third kappa shape index (κ3) is 6.38. The number of nitrogens with one attached hydrogen (secondary N) is 3. The fourth-order valence-corrected chi connectivity index (χ4v) is 3.25. The van der Waals surface area contributed by atoms with Crippen LogP contribution in [0.4, 0.5) is 10.5 Å². The number of anilines is 1. The molecule has 1 fully saturated rings. The number of urea groups is 1. The Kier molecular flexibility index (Phi) is 7.27. The summed E-state index contributed by atoms with van der Waals surface area (Å²) in [5.41, 5.74) is 0.850. The minimum Gasteiger partial charge on any atom is -0.467 e. The molecule has 1 aliphatic rings. The van der Waals surface area contributed by atoms with Crippen LogP contribution < -0.4 is 16.0 Å². The summed E-state index contributed by atoms with van der Waals surface area (Å²) in [5.74, 6) is -0.611. The van der Waals surface area contributed by atoms with Gasteiger partial charge in [-0.2, -0.15) is 0 Å². The summed E-state index contributed by atoms with van der Waals surface area (Å²) in [6.07, 6.45) is 6.72. The smallest absolute Gasteiger partial charge is 0.340 e. The lowest BCUT2D eigenvalue weighted by molar-refractivity contribution is -0.123. The van der Waals surface area contributed by atoms with Gasteiger partial charge < -0.3 is 19.8 Å². The highest BCUT2D eigenvalue weighted by Crippen LogP contribution is 2.18. The summed E-state index contributed by atoms with van der Waals surface area (Å²) < 4.78 is 10.3. The van der Waals surface area contributed by atoms with Gasteiger partial charge in [-0.25, -0.2) is 9.59 Å². The molecule has 1 heterocycles. The zero-order valence-electron chi connectivity index (χ0n) is 16.1. The van der Waals surface area contributed by atoms with Gasteiger partial charge in [-0.3, -0.25) is 10.1 Å². The zero-order chi connectivity index (χ0) is 20.5. The molecular weight excluding hydrogens is 374 g/mol. The number of furan rings is 1. The molecule has 8 nitrogen and oxygen atoms in total. The van der Waals surface area contributed by atoms with Crippen LogP contribution in [0.1, 0.15) is 48.2 Å². The molecule has 1 aromatic heterocycles. The van der Waals surface area contributed by atoms with Crippen molar-refractivity contribution in [2.45, 2.75) is 44.7 Å². The summed E-state index contributed by atoms with van der Waals surface area (Å²) in [6.45, 7) is -0.136. The Morgan fingerprint density at radius 3 is 2.59 bits per heavy atom. The fraction of sp³-hybridized carbons (Fsp3) is 0.381. The van der Waals surface area contributed by atoms with Crippen molar-refractivity contribution in [2.24, 2.45) is 0 Å². The van der Waals surface area contributed by atoms with E-state index in [0.717, 1.165) is 31.4 Å². The highest BCUT2D eigenvalue weighted by Gasteiger charge is 2.18. The number of imide groups is 1. The molecule has 0 saturated heterocycles. The van der Waals surface area contributed by atoms with Crippen LogP contribution in [-0.4, -0.2) is 30.6 Å².